The first-order chi connectivity index (χ1) is 15.2. The minimum absolute atomic E-state index is 0.0132. The van der Waals surface area contributed by atoms with E-state index in [-0.39, 0.29) is 18.1 Å². The van der Waals surface area contributed by atoms with Gasteiger partial charge in [0.05, 0.1) is 12.1 Å². The second-order valence-electron chi connectivity index (χ2n) is 10.2. The Morgan fingerprint density at radius 3 is 2.41 bits per heavy atom. The highest BCUT2D eigenvalue weighted by atomic mass is 16.6. The number of ether oxygens (including phenoxy) is 1. The molecule has 0 aliphatic carbocycles. The highest BCUT2D eigenvalue weighted by Gasteiger charge is 2.40. The Morgan fingerprint density at radius 1 is 1.03 bits per heavy atom. The first kappa shape index (κ1) is 22.9. The molecule has 0 saturated carbocycles. The number of hydrogen-bond acceptors (Lipinski definition) is 5. The molecule has 3 aliphatic rings. The van der Waals surface area contributed by atoms with Crippen molar-refractivity contribution in [1.29, 1.82) is 0 Å². The van der Waals surface area contributed by atoms with Crippen LogP contribution in [0.25, 0.3) is 0 Å². The van der Waals surface area contributed by atoms with Crippen LogP contribution in [0.2, 0.25) is 0 Å². The van der Waals surface area contributed by atoms with Crippen LogP contribution in [0.4, 0.5) is 9.59 Å². The van der Waals surface area contributed by atoms with Crippen LogP contribution in [-0.2, 0) is 17.7 Å². The summed E-state index contributed by atoms with van der Waals surface area (Å²) in [5.41, 5.74) is 2.17. The van der Waals surface area contributed by atoms with E-state index in [9.17, 15) is 14.7 Å². The molecule has 2 atom stereocenters. The minimum atomic E-state index is -0.532. The van der Waals surface area contributed by atoms with E-state index >= 15 is 0 Å². The maximum atomic E-state index is 13.1. The fourth-order valence-corrected chi connectivity index (χ4v) is 4.97. The molecule has 2 fully saturated rings. The fraction of sp³-hybridized carbons (Fsp3) is 0.667. The number of hydrogen-bond donors (Lipinski definition) is 2. The Hall–Kier alpha value is -2.32. The third kappa shape index (κ3) is 5.35. The Bertz CT molecular complexity index is 832. The van der Waals surface area contributed by atoms with E-state index in [1.807, 2.05) is 25.7 Å². The lowest BCUT2D eigenvalue weighted by atomic mass is 9.98. The van der Waals surface area contributed by atoms with Gasteiger partial charge in [0, 0.05) is 45.3 Å². The predicted molar refractivity (Wildman–Crippen MR) is 121 cm³/mol. The molecule has 0 aromatic heterocycles. The molecule has 32 heavy (non-hydrogen) atoms. The number of benzene rings is 1. The topological polar surface area (TPSA) is 85.4 Å². The molecule has 1 unspecified atom stereocenters. The molecule has 1 aromatic carbocycles. The number of amides is 3. The second-order valence-corrected chi connectivity index (χ2v) is 10.2. The van der Waals surface area contributed by atoms with Gasteiger partial charge in [-0.1, -0.05) is 24.3 Å². The van der Waals surface area contributed by atoms with Crippen LogP contribution in [0.1, 0.15) is 44.7 Å². The van der Waals surface area contributed by atoms with Gasteiger partial charge >= 0.3 is 12.1 Å². The molecule has 3 aliphatic heterocycles. The van der Waals surface area contributed by atoms with Gasteiger partial charge in [-0.3, -0.25) is 4.90 Å². The lowest BCUT2D eigenvalue weighted by Gasteiger charge is -2.36. The van der Waals surface area contributed by atoms with Crippen molar-refractivity contribution in [3.05, 3.63) is 35.4 Å². The van der Waals surface area contributed by atoms with Gasteiger partial charge in [0.15, 0.2) is 0 Å². The number of carbonyl (C=O) groups excluding carboxylic acids is 2. The number of nitrogens with zero attached hydrogens (tertiary/aromatic N) is 3. The van der Waals surface area contributed by atoms with Crippen LogP contribution < -0.4 is 5.32 Å². The van der Waals surface area contributed by atoms with Gasteiger partial charge in [-0.2, -0.15) is 0 Å². The van der Waals surface area contributed by atoms with Crippen molar-refractivity contribution in [2.75, 3.05) is 32.7 Å². The number of carbonyl (C=O) groups is 2. The summed E-state index contributed by atoms with van der Waals surface area (Å²) in [6.45, 7) is 9.36. The number of alkyl carbamates (subject to hydrolysis) is 1. The lowest BCUT2D eigenvalue weighted by Crippen LogP contribution is -2.51. The van der Waals surface area contributed by atoms with Gasteiger partial charge < -0.3 is 25.0 Å². The molecule has 0 bridgehead atoms. The normalized spacial score (nSPS) is 24.9. The van der Waals surface area contributed by atoms with E-state index in [2.05, 4.69) is 34.5 Å². The fourth-order valence-electron chi connectivity index (χ4n) is 4.97. The van der Waals surface area contributed by atoms with Crippen LogP contribution in [0.3, 0.4) is 0 Å². The van der Waals surface area contributed by atoms with Crippen molar-refractivity contribution >= 4 is 12.1 Å². The second kappa shape index (κ2) is 9.27. The summed E-state index contributed by atoms with van der Waals surface area (Å²) in [5, 5.41) is 13.6. The number of rotatable bonds is 2. The summed E-state index contributed by atoms with van der Waals surface area (Å²) in [5.74, 6) is 0. The molecule has 3 amide bonds. The number of urea groups is 1. The third-order valence-electron chi connectivity index (χ3n) is 6.65. The average molecular weight is 445 g/mol. The summed E-state index contributed by atoms with van der Waals surface area (Å²) in [6, 6.07) is 8.43. The first-order valence-electron chi connectivity index (χ1n) is 11.7. The molecule has 2 N–H and O–H groups in total. The van der Waals surface area contributed by atoms with E-state index in [4.69, 9.17) is 4.74 Å². The molecule has 0 spiro atoms. The molecular formula is C24H36N4O4. The van der Waals surface area contributed by atoms with Crippen molar-refractivity contribution in [2.45, 2.75) is 70.4 Å². The van der Waals surface area contributed by atoms with Gasteiger partial charge in [0.1, 0.15) is 5.60 Å². The molecule has 176 valence electrons. The Morgan fingerprint density at radius 2 is 1.72 bits per heavy atom. The lowest BCUT2D eigenvalue weighted by molar-refractivity contribution is 0.0482. The zero-order valence-electron chi connectivity index (χ0n) is 19.4. The number of aliphatic hydroxyl groups is 1. The molecular weight excluding hydrogens is 408 g/mol. The van der Waals surface area contributed by atoms with Gasteiger partial charge in [0.25, 0.3) is 0 Å². The van der Waals surface area contributed by atoms with Crippen LogP contribution >= 0.6 is 0 Å². The number of piperidine rings is 1. The summed E-state index contributed by atoms with van der Waals surface area (Å²) in [7, 11) is 0. The highest BCUT2D eigenvalue weighted by molar-refractivity contribution is 5.75. The number of β-amino-alcohol motifs (C(OH)–C–C–N with tert-alkyl or cyclic N) is 1. The number of likely N-dealkylation sites (tertiary alicyclic amines) is 2. The molecule has 0 radical (unpaired) electrons. The highest BCUT2D eigenvalue weighted by Crippen LogP contribution is 2.26. The minimum Gasteiger partial charge on any atom is -0.444 e. The van der Waals surface area contributed by atoms with Crippen LogP contribution in [0, 0.1) is 0 Å². The van der Waals surface area contributed by atoms with Crippen molar-refractivity contribution < 1.29 is 19.4 Å². The summed E-state index contributed by atoms with van der Waals surface area (Å²) in [4.78, 5) is 31.0. The Labute approximate surface area is 190 Å². The SMILES string of the molecule is CC(C)(C)OC(=O)NC1CCN(C(=O)N2CC(N3CCc4ccccc4C3)[C@H](O)C2)CC1. The maximum Gasteiger partial charge on any atom is 0.407 e. The zero-order valence-corrected chi connectivity index (χ0v) is 19.4. The van der Waals surface area contributed by atoms with Crippen LogP contribution in [0.15, 0.2) is 24.3 Å². The predicted octanol–water partition coefficient (Wildman–Crippen LogP) is 2.20. The van der Waals surface area contributed by atoms with E-state index in [1.165, 1.54) is 11.1 Å². The summed E-state index contributed by atoms with van der Waals surface area (Å²) >= 11 is 0. The number of fused-ring (bicyclic) bond motifs is 1. The average Bonchev–Trinajstić information content (AvgIpc) is 3.13. The largest absolute Gasteiger partial charge is 0.444 e. The standard InChI is InChI=1S/C24H36N4O4/c1-24(2,3)32-22(30)25-19-9-12-26(13-10-19)23(31)28-15-20(21(29)16-28)27-11-8-17-6-4-5-7-18(17)14-27/h4-7,19-21,29H,8-16H2,1-3H3,(H,25,30)/t20?,21-/m1/s1. The van der Waals surface area contributed by atoms with Crippen molar-refractivity contribution in [2.24, 2.45) is 0 Å². The van der Waals surface area contributed by atoms with Crippen molar-refractivity contribution in [1.82, 2.24) is 20.0 Å². The Balaban J connectivity index is 1.27. The van der Waals surface area contributed by atoms with E-state index < -0.39 is 17.8 Å². The molecule has 4 rings (SSSR count). The van der Waals surface area contributed by atoms with Gasteiger partial charge in [0.2, 0.25) is 0 Å². The molecule has 8 nitrogen and oxygen atoms in total. The van der Waals surface area contributed by atoms with E-state index in [1.54, 1.807) is 4.90 Å². The molecule has 8 heteroatoms. The van der Waals surface area contributed by atoms with Crippen molar-refractivity contribution in [3.8, 4) is 0 Å². The van der Waals surface area contributed by atoms with Gasteiger partial charge in [-0.25, -0.2) is 9.59 Å². The van der Waals surface area contributed by atoms with E-state index in [0.29, 0.717) is 39.0 Å². The zero-order chi connectivity index (χ0) is 22.9. The number of aliphatic hydroxyl groups excluding tert-OH is 1. The van der Waals surface area contributed by atoms with Gasteiger partial charge in [-0.05, 0) is 51.2 Å². The number of nitrogens with one attached hydrogen (secondary N) is 1. The maximum absolute atomic E-state index is 13.1. The molecule has 1 aromatic rings. The van der Waals surface area contributed by atoms with Crippen molar-refractivity contribution in [3.63, 3.8) is 0 Å². The van der Waals surface area contributed by atoms with Crippen LogP contribution in [-0.4, -0.2) is 88.4 Å². The van der Waals surface area contributed by atoms with Crippen LogP contribution in [0.5, 0.6) is 0 Å². The monoisotopic (exact) mass is 444 g/mol. The first-order valence-corrected chi connectivity index (χ1v) is 11.7. The van der Waals surface area contributed by atoms with Gasteiger partial charge in [-0.15, -0.1) is 0 Å². The third-order valence-corrected chi connectivity index (χ3v) is 6.65. The van der Waals surface area contributed by atoms with E-state index in [0.717, 1.165) is 19.5 Å². The summed E-state index contributed by atoms with van der Waals surface area (Å²) < 4.78 is 5.33. The summed E-state index contributed by atoms with van der Waals surface area (Å²) in [6.07, 6.45) is 1.44. The smallest absolute Gasteiger partial charge is 0.407 e. The molecule has 2 saturated heterocycles. The Kier molecular flexibility index (Phi) is 6.62. The quantitative estimate of drug-likeness (QED) is 0.731. The molecule has 3 heterocycles.